The van der Waals surface area contributed by atoms with Gasteiger partial charge in [0.1, 0.15) is 0 Å². The Labute approximate surface area is 120 Å². The fourth-order valence-corrected chi connectivity index (χ4v) is 2.91. The second-order valence-corrected chi connectivity index (χ2v) is 6.19. The van der Waals surface area contributed by atoms with Gasteiger partial charge >= 0.3 is 0 Å². The molecule has 5 nitrogen and oxygen atoms in total. The van der Waals surface area contributed by atoms with Gasteiger partial charge in [-0.3, -0.25) is 10.1 Å². The quantitative estimate of drug-likeness (QED) is 0.669. The van der Waals surface area contributed by atoms with Crippen LogP contribution in [0.15, 0.2) is 16.6 Å². The molecular formula is C13H17BrN2O3. The molecule has 0 bridgehead atoms. The van der Waals surface area contributed by atoms with E-state index in [1.807, 2.05) is 13.0 Å². The molecule has 104 valence electrons. The van der Waals surface area contributed by atoms with Crippen molar-refractivity contribution >= 4 is 27.3 Å². The van der Waals surface area contributed by atoms with Gasteiger partial charge in [-0.05, 0) is 48.7 Å². The van der Waals surface area contributed by atoms with E-state index < -0.39 is 5.60 Å². The van der Waals surface area contributed by atoms with E-state index in [2.05, 4.69) is 20.8 Å². The Morgan fingerprint density at radius 2 is 2.00 bits per heavy atom. The average Bonchev–Trinajstić information content (AvgIpc) is 2.31. The first-order valence-corrected chi connectivity index (χ1v) is 7.01. The highest BCUT2D eigenvalue weighted by molar-refractivity contribution is 9.10. The fourth-order valence-electron chi connectivity index (χ4n) is 2.32. The standard InChI is InChI=1S/C13H17BrN2O3/c1-9-7-12(10(14)8-11(9)16(18)19)15-5-3-13(2,17)4-6-15/h7-8,17H,3-6H2,1-2H3. The molecule has 0 atom stereocenters. The van der Waals surface area contributed by atoms with Gasteiger partial charge in [-0.1, -0.05) is 0 Å². The number of nitro groups is 1. The van der Waals surface area contributed by atoms with Crippen molar-refractivity contribution in [1.82, 2.24) is 0 Å². The third-order valence-corrected chi connectivity index (χ3v) is 4.28. The van der Waals surface area contributed by atoms with E-state index in [1.165, 1.54) is 0 Å². The van der Waals surface area contributed by atoms with Crippen molar-refractivity contribution in [2.24, 2.45) is 0 Å². The largest absolute Gasteiger partial charge is 0.390 e. The van der Waals surface area contributed by atoms with E-state index >= 15 is 0 Å². The number of aryl methyl sites for hydroxylation is 1. The van der Waals surface area contributed by atoms with Gasteiger partial charge in [-0.2, -0.15) is 0 Å². The van der Waals surface area contributed by atoms with Crippen molar-refractivity contribution in [3.63, 3.8) is 0 Å². The van der Waals surface area contributed by atoms with Crippen LogP contribution >= 0.6 is 15.9 Å². The highest BCUT2D eigenvalue weighted by Crippen LogP contribution is 2.35. The zero-order chi connectivity index (χ0) is 14.2. The average molecular weight is 329 g/mol. The highest BCUT2D eigenvalue weighted by atomic mass is 79.9. The summed E-state index contributed by atoms with van der Waals surface area (Å²) < 4.78 is 0.728. The summed E-state index contributed by atoms with van der Waals surface area (Å²) in [5.74, 6) is 0. The third kappa shape index (κ3) is 3.06. The van der Waals surface area contributed by atoms with Crippen LogP contribution in [0.2, 0.25) is 0 Å². The summed E-state index contributed by atoms with van der Waals surface area (Å²) in [5.41, 5.74) is 1.14. The molecule has 0 amide bonds. The van der Waals surface area contributed by atoms with Gasteiger partial charge in [0.05, 0.1) is 16.2 Å². The van der Waals surface area contributed by atoms with Crippen molar-refractivity contribution in [3.8, 4) is 0 Å². The van der Waals surface area contributed by atoms with Gasteiger partial charge in [-0.25, -0.2) is 0 Å². The van der Waals surface area contributed by atoms with E-state index in [4.69, 9.17) is 0 Å². The Kier molecular flexibility index (Phi) is 3.82. The molecular weight excluding hydrogens is 312 g/mol. The molecule has 1 N–H and O–H groups in total. The maximum atomic E-state index is 10.9. The second kappa shape index (κ2) is 5.09. The number of piperidine rings is 1. The number of benzene rings is 1. The maximum absolute atomic E-state index is 10.9. The Morgan fingerprint density at radius 1 is 1.42 bits per heavy atom. The summed E-state index contributed by atoms with van der Waals surface area (Å²) in [6.45, 7) is 5.10. The number of anilines is 1. The van der Waals surface area contributed by atoms with Crippen LogP contribution in [0.5, 0.6) is 0 Å². The minimum Gasteiger partial charge on any atom is -0.390 e. The highest BCUT2D eigenvalue weighted by Gasteiger charge is 2.28. The molecule has 1 aromatic carbocycles. The SMILES string of the molecule is Cc1cc(N2CCC(C)(O)CC2)c(Br)cc1[N+](=O)[O-]. The molecule has 1 fully saturated rings. The molecule has 2 rings (SSSR count). The van der Waals surface area contributed by atoms with Gasteiger partial charge < -0.3 is 10.0 Å². The first-order valence-electron chi connectivity index (χ1n) is 6.22. The monoisotopic (exact) mass is 328 g/mol. The van der Waals surface area contributed by atoms with Crippen LogP contribution in [-0.4, -0.2) is 28.7 Å². The van der Waals surface area contributed by atoms with Gasteiger partial charge in [-0.15, -0.1) is 0 Å². The number of hydrogen-bond acceptors (Lipinski definition) is 4. The van der Waals surface area contributed by atoms with Crippen molar-refractivity contribution in [1.29, 1.82) is 0 Å². The van der Waals surface area contributed by atoms with Gasteiger partial charge in [0.25, 0.3) is 5.69 Å². The Balaban J connectivity index is 2.27. The van der Waals surface area contributed by atoms with Crippen molar-refractivity contribution in [3.05, 3.63) is 32.3 Å². The molecule has 0 aromatic heterocycles. The molecule has 19 heavy (non-hydrogen) atoms. The molecule has 1 aliphatic rings. The molecule has 6 heteroatoms. The first-order chi connectivity index (χ1) is 8.80. The predicted octanol–water partition coefficient (Wildman–Crippen LogP) is 3.02. The van der Waals surface area contributed by atoms with Crippen LogP contribution in [0.25, 0.3) is 0 Å². The van der Waals surface area contributed by atoms with Crippen molar-refractivity contribution in [2.45, 2.75) is 32.3 Å². The molecule has 0 aliphatic carbocycles. The second-order valence-electron chi connectivity index (χ2n) is 5.33. The van der Waals surface area contributed by atoms with Crippen LogP contribution < -0.4 is 4.90 Å². The summed E-state index contributed by atoms with van der Waals surface area (Å²) in [6.07, 6.45) is 1.41. The van der Waals surface area contributed by atoms with Gasteiger partial charge in [0, 0.05) is 29.2 Å². The fraction of sp³-hybridized carbons (Fsp3) is 0.538. The Hall–Kier alpha value is -1.14. The summed E-state index contributed by atoms with van der Waals surface area (Å²) >= 11 is 3.41. The van der Waals surface area contributed by atoms with E-state index in [0.29, 0.717) is 18.4 Å². The molecule has 1 aliphatic heterocycles. The zero-order valence-corrected chi connectivity index (χ0v) is 12.6. The number of nitrogens with zero attached hydrogens (tertiary/aromatic N) is 2. The normalized spacial score (nSPS) is 18.4. The first kappa shape index (κ1) is 14.3. The summed E-state index contributed by atoms with van der Waals surface area (Å²) in [4.78, 5) is 12.7. The van der Waals surface area contributed by atoms with Crippen LogP contribution in [-0.2, 0) is 0 Å². The topological polar surface area (TPSA) is 66.6 Å². The summed E-state index contributed by atoms with van der Waals surface area (Å²) in [7, 11) is 0. The third-order valence-electron chi connectivity index (χ3n) is 3.64. The Morgan fingerprint density at radius 3 is 2.53 bits per heavy atom. The molecule has 0 saturated carbocycles. The molecule has 1 heterocycles. The lowest BCUT2D eigenvalue weighted by Gasteiger charge is -2.37. The molecule has 0 unspecified atom stereocenters. The van der Waals surface area contributed by atoms with Crippen LogP contribution in [0.4, 0.5) is 11.4 Å². The van der Waals surface area contributed by atoms with Crippen molar-refractivity contribution in [2.75, 3.05) is 18.0 Å². The zero-order valence-electron chi connectivity index (χ0n) is 11.0. The van der Waals surface area contributed by atoms with E-state index in [1.54, 1.807) is 13.0 Å². The number of hydrogen-bond donors (Lipinski definition) is 1. The van der Waals surface area contributed by atoms with Gasteiger partial charge in [0.15, 0.2) is 0 Å². The van der Waals surface area contributed by atoms with Crippen LogP contribution in [0.3, 0.4) is 0 Å². The lowest BCUT2D eigenvalue weighted by molar-refractivity contribution is -0.385. The molecule has 1 saturated heterocycles. The number of aliphatic hydroxyl groups is 1. The number of halogens is 1. The minimum absolute atomic E-state index is 0.125. The lowest BCUT2D eigenvalue weighted by Crippen LogP contribution is -2.42. The molecule has 0 spiro atoms. The summed E-state index contributed by atoms with van der Waals surface area (Å²) in [6, 6.07) is 3.39. The molecule has 1 aromatic rings. The molecule has 0 radical (unpaired) electrons. The van der Waals surface area contributed by atoms with E-state index in [9.17, 15) is 15.2 Å². The van der Waals surface area contributed by atoms with Gasteiger partial charge in [0.2, 0.25) is 0 Å². The lowest BCUT2D eigenvalue weighted by atomic mass is 9.93. The van der Waals surface area contributed by atoms with Crippen LogP contribution in [0.1, 0.15) is 25.3 Å². The number of nitro benzene ring substituents is 1. The van der Waals surface area contributed by atoms with Crippen molar-refractivity contribution < 1.29 is 10.0 Å². The minimum atomic E-state index is -0.598. The van der Waals surface area contributed by atoms with Crippen LogP contribution in [0, 0.1) is 17.0 Å². The van der Waals surface area contributed by atoms with E-state index in [0.717, 1.165) is 23.2 Å². The number of rotatable bonds is 2. The van der Waals surface area contributed by atoms with E-state index in [-0.39, 0.29) is 10.6 Å². The predicted molar refractivity (Wildman–Crippen MR) is 77.6 cm³/mol. The smallest absolute Gasteiger partial charge is 0.273 e. The Bertz CT molecular complexity index is 507. The maximum Gasteiger partial charge on any atom is 0.273 e. The summed E-state index contributed by atoms with van der Waals surface area (Å²) in [5, 5.41) is 20.8.